The number of ether oxygens (including phenoxy) is 1. The highest BCUT2D eigenvalue weighted by molar-refractivity contribution is 7.91. The molecule has 0 spiro atoms. The van der Waals surface area contributed by atoms with E-state index in [-0.39, 0.29) is 6.54 Å². The summed E-state index contributed by atoms with van der Waals surface area (Å²) in [7, 11) is -3.38. The van der Waals surface area contributed by atoms with E-state index in [9.17, 15) is 13.2 Å². The van der Waals surface area contributed by atoms with Gasteiger partial charge in [-0.3, -0.25) is 9.78 Å². The van der Waals surface area contributed by atoms with Gasteiger partial charge in [0.1, 0.15) is 29.1 Å². The SMILES string of the molecule is Cc1ccc(Oc2ccc(Nc3ncnc4ccn(CCNC(=O)CS(C)(=O)=O)c34)cc2Cl)cn1. The van der Waals surface area contributed by atoms with Gasteiger partial charge >= 0.3 is 0 Å². The summed E-state index contributed by atoms with van der Waals surface area (Å²) in [6.07, 6.45) is 5.93. The summed E-state index contributed by atoms with van der Waals surface area (Å²) in [6, 6.07) is 10.8. The van der Waals surface area contributed by atoms with Gasteiger partial charge in [0, 0.05) is 36.9 Å². The number of carbonyl (C=O) groups excluding carboxylic acids is 1. The highest BCUT2D eigenvalue weighted by atomic mass is 35.5. The molecule has 0 bridgehead atoms. The Hall–Kier alpha value is -3.70. The normalized spacial score (nSPS) is 11.4. The number of halogens is 1. The fourth-order valence-electron chi connectivity index (χ4n) is 3.36. The van der Waals surface area contributed by atoms with Crippen LogP contribution < -0.4 is 15.4 Å². The number of nitrogens with zero attached hydrogens (tertiary/aromatic N) is 4. The number of hydrogen-bond acceptors (Lipinski definition) is 8. The lowest BCUT2D eigenvalue weighted by atomic mass is 10.3. The van der Waals surface area contributed by atoms with E-state index in [1.165, 1.54) is 6.33 Å². The molecule has 35 heavy (non-hydrogen) atoms. The molecule has 1 amide bonds. The van der Waals surface area contributed by atoms with Gasteiger partial charge in [0.25, 0.3) is 0 Å². The Balaban J connectivity index is 1.48. The summed E-state index contributed by atoms with van der Waals surface area (Å²) in [6.45, 7) is 2.55. The summed E-state index contributed by atoms with van der Waals surface area (Å²) in [5, 5.41) is 6.27. The quantitative estimate of drug-likeness (QED) is 0.347. The van der Waals surface area contributed by atoms with E-state index in [4.69, 9.17) is 16.3 Å². The number of fused-ring (bicyclic) bond motifs is 1. The molecule has 3 heterocycles. The molecule has 0 aliphatic rings. The number of aromatic nitrogens is 4. The molecule has 4 aromatic rings. The molecule has 4 rings (SSSR count). The summed E-state index contributed by atoms with van der Waals surface area (Å²) in [5.41, 5.74) is 3.02. The third-order valence-electron chi connectivity index (χ3n) is 4.92. The average Bonchev–Trinajstić information content (AvgIpc) is 3.20. The van der Waals surface area contributed by atoms with Gasteiger partial charge in [0.15, 0.2) is 15.7 Å². The van der Waals surface area contributed by atoms with E-state index in [1.807, 2.05) is 42.0 Å². The number of anilines is 2. The Morgan fingerprint density at radius 3 is 2.69 bits per heavy atom. The van der Waals surface area contributed by atoms with E-state index >= 15 is 0 Å². The second-order valence-electron chi connectivity index (χ2n) is 7.89. The Morgan fingerprint density at radius 2 is 1.97 bits per heavy atom. The lowest BCUT2D eigenvalue weighted by Crippen LogP contribution is -2.32. The molecule has 0 aliphatic carbocycles. The van der Waals surface area contributed by atoms with Crippen LogP contribution in [0.2, 0.25) is 5.02 Å². The zero-order chi connectivity index (χ0) is 25.0. The first-order valence-corrected chi connectivity index (χ1v) is 13.0. The highest BCUT2D eigenvalue weighted by Gasteiger charge is 2.13. The van der Waals surface area contributed by atoms with Crippen LogP contribution in [0.4, 0.5) is 11.5 Å². The molecule has 182 valence electrons. The van der Waals surface area contributed by atoms with Crippen molar-refractivity contribution in [2.75, 3.05) is 23.9 Å². The van der Waals surface area contributed by atoms with E-state index in [0.29, 0.717) is 40.1 Å². The Morgan fingerprint density at radius 1 is 1.14 bits per heavy atom. The van der Waals surface area contributed by atoms with Gasteiger partial charge in [0.2, 0.25) is 5.91 Å². The van der Waals surface area contributed by atoms with Crippen LogP contribution in [0.15, 0.2) is 55.1 Å². The predicted octanol–water partition coefficient (Wildman–Crippen LogP) is 3.48. The van der Waals surface area contributed by atoms with Gasteiger partial charge in [-0.1, -0.05) is 11.6 Å². The van der Waals surface area contributed by atoms with E-state index in [1.54, 1.807) is 18.3 Å². The average molecular weight is 515 g/mol. The highest BCUT2D eigenvalue weighted by Crippen LogP contribution is 2.33. The van der Waals surface area contributed by atoms with Crippen molar-refractivity contribution in [2.24, 2.45) is 0 Å². The fourth-order valence-corrected chi connectivity index (χ4v) is 4.15. The first-order chi connectivity index (χ1) is 16.7. The van der Waals surface area contributed by atoms with Crippen molar-refractivity contribution >= 4 is 49.9 Å². The third kappa shape index (κ3) is 6.46. The minimum absolute atomic E-state index is 0.248. The van der Waals surface area contributed by atoms with Crippen LogP contribution in [0, 0.1) is 6.92 Å². The number of nitrogens with one attached hydrogen (secondary N) is 2. The van der Waals surface area contributed by atoms with Gasteiger partial charge in [0.05, 0.1) is 16.7 Å². The van der Waals surface area contributed by atoms with Gasteiger partial charge in [-0.2, -0.15) is 0 Å². The van der Waals surface area contributed by atoms with Crippen LogP contribution in [0.1, 0.15) is 5.69 Å². The number of carbonyl (C=O) groups is 1. The van der Waals surface area contributed by atoms with Gasteiger partial charge < -0.3 is 19.9 Å². The van der Waals surface area contributed by atoms with Crippen molar-refractivity contribution in [3.63, 3.8) is 0 Å². The third-order valence-corrected chi connectivity index (χ3v) is 6.01. The molecule has 0 radical (unpaired) electrons. The van der Waals surface area contributed by atoms with Crippen molar-refractivity contribution in [2.45, 2.75) is 13.5 Å². The number of benzene rings is 1. The van der Waals surface area contributed by atoms with Crippen LogP contribution in [0.5, 0.6) is 11.5 Å². The predicted molar refractivity (Wildman–Crippen MR) is 134 cm³/mol. The first kappa shape index (κ1) is 24.4. The standard InChI is InChI=1S/C23H23ClN6O4S/c1-15-3-5-17(12-26-15)34-20-6-4-16(11-18(20)24)29-23-22-19(27-14-28-23)7-9-30(22)10-8-25-21(31)13-35(2,32)33/h3-7,9,11-12,14H,8,10,13H2,1-2H3,(H,25,31)(H,27,28,29). The maximum Gasteiger partial charge on any atom is 0.235 e. The summed E-state index contributed by atoms with van der Waals surface area (Å²) < 4.78 is 30.2. The molecule has 0 fully saturated rings. The van der Waals surface area contributed by atoms with Gasteiger partial charge in [-0.15, -0.1) is 0 Å². The smallest absolute Gasteiger partial charge is 0.235 e. The van der Waals surface area contributed by atoms with E-state index < -0.39 is 21.5 Å². The second-order valence-corrected chi connectivity index (χ2v) is 10.4. The maximum atomic E-state index is 11.8. The molecule has 10 nitrogen and oxygen atoms in total. The van der Waals surface area contributed by atoms with Crippen molar-refractivity contribution in [1.82, 2.24) is 24.8 Å². The zero-order valence-electron chi connectivity index (χ0n) is 19.0. The lowest BCUT2D eigenvalue weighted by Gasteiger charge is -2.13. The number of sulfone groups is 1. The molecule has 0 saturated carbocycles. The van der Waals surface area contributed by atoms with E-state index in [2.05, 4.69) is 25.6 Å². The van der Waals surface area contributed by atoms with Crippen LogP contribution in [-0.2, 0) is 21.2 Å². The molecule has 3 aromatic heterocycles. The van der Waals surface area contributed by atoms with Crippen molar-refractivity contribution < 1.29 is 17.9 Å². The van der Waals surface area contributed by atoms with Crippen LogP contribution in [0.25, 0.3) is 11.0 Å². The number of pyridine rings is 1. The zero-order valence-corrected chi connectivity index (χ0v) is 20.6. The van der Waals surface area contributed by atoms with Crippen LogP contribution in [0.3, 0.4) is 0 Å². The Labute approximate surface area is 207 Å². The van der Waals surface area contributed by atoms with Crippen molar-refractivity contribution in [1.29, 1.82) is 0 Å². The van der Waals surface area contributed by atoms with Crippen molar-refractivity contribution in [3.05, 3.63) is 65.8 Å². The van der Waals surface area contributed by atoms with E-state index in [0.717, 1.165) is 17.5 Å². The number of hydrogen-bond donors (Lipinski definition) is 2. The topological polar surface area (TPSA) is 128 Å². The van der Waals surface area contributed by atoms with Gasteiger partial charge in [-0.05, 0) is 43.3 Å². The van der Waals surface area contributed by atoms with Crippen LogP contribution >= 0.6 is 11.6 Å². The molecular formula is C23H23ClN6O4S. The van der Waals surface area contributed by atoms with Crippen molar-refractivity contribution in [3.8, 4) is 11.5 Å². The molecule has 0 unspecified atom stereocenters. The fraction of sp³-hybridized carbons (Fsp3) is 0.217. The first-order valence-electron chi connectivity index (χ1n) is 10.6. The molecule has 1 aromatic carbocycles. The Kier molecular flexibility index (Phi) is 7.17. The summed E-state index contributed by atoms with van der Waals surface area (Å²) >= 11 is 6.44. The lowest BCUT2D eigenvalue weighted by molar-refractivity contribution is -0.118. The monoisotopic (exact) mass is 514 g/mol. The molecule has 0 atom stereocenters. The molecule has 0 aliphatic heterocycles. The number of aryl methyl sites for hydroxylation is 1. The van der Waals surface area contributed by atoms with Crippen LogP contribution in [-0.4, -0.2) is 52.4 Å². The minimum atomic E-state index is -3.38. The molecule has 12 heteroatoms. The van der Waals surface area contributed by atoms with Gasteiger partial charge in [-0.25, -0.2) is 18.4 Å². The molecule has 2 N–H and O–H groups in total. The second kappa shape index (κ2) is 10.3. The molecular weight excluding hydrogens is 492 g/mol. The molecule has 0 saturated heterocycles. The maximum absolute atomic E-state index is 11.8. The largest absolute Gasteiger partial charge is 0.454 e. The minimum Gasteiger partial charge on any atom is -0.454 e. The summed E-state index contributed by atoms with van der Waals surface area (Å²) in [5.74, 6) is 0.531. The number of amides is 1. The number of rotatable bonds is 9. The summed E-state index contributed by atoms with van der Waals surface area (Å²) in [4.78, 5) is 24.6. The Bertz CT molecular complexity index is 1470.